The van der Waals surface area contributed by atoms with Crippen molar-refractivity contribution in [2.75, 3.05) is 11.9 Å². The average molecular weight is 364 g/mol. The maximum atomic E-state index is 13.4. The first kappa shape index (κ1) is 17.0. The predicted octanol–water partition coefficient (Wildman–Crippen LogP) is 2.90. The third-order valence-electron chi connectivity index (χ3n) is 5.96. The first-order valence-corrected chi connectivity index (χ1v) is 8.76. The van der Waals surface area contributed by atoms with Crippen LogP contribution in [-0.4, -0.2) is 17.9 Å². The van der Waals surface area contributed by atoms with Crippen LogP contribution in [0.1, 0.15) is 31.2 Å². The largest absolute Gasteiger partial charge is 0.461 e. The Kier molecular flexibility index (Phi) is 3.67. The molecule has 27 heavy (non-hydrogen) atoms. The highest BCUT2D eigenvalue weighted by atomic mass is 16.6. The van der Waals surface area contributed by atoms with Crippen molar-refractivity contribution in [3.05, 3.63) is 45.2 Å². The fourth-order valence-electron chi connectivity index (χ4n) is 4.88. The number of nitrogens with zero attached hydrogens (tertiary/aromatic N) is 4. The lowest BCUT2D eigenvalue weighted by Crippen LogP contribution is -2.52. The molecule has 0 bridgehead atoms. The standard InChI is InChI=1S/C19H16N4O4/c1-22-14-7-4-8-15(23(25)26)17(14)19(18(22)24)13-6-3-2-5-11(13)12(9-20)16(10-21)27-19/h4,7-8,11,13H,2-3,5-6H2,1H3. The minimum atomic E-state index is -1.63. The lowest BCUT2D eigenvalue weighted by molar-refractivity contribution is -0.386. The summed E-state index contributed by atoms with van der Waals surface area (Å²) in [5, 5.41) is 30.9. The van der Waals surface area contributed by atoms with Crippen molar-refractivity contribution in [2.24, 2.45) is 11.8 Å². The number of fused-ring (bicyclic) bond motifs is 4. The van der Waals surface area contributed by atoms with E-state index in [9.17, 15) is 25.4 Å². The van der Waals surface area contributed by atoms with Crippen LogP contribution in [0.25, 0.3) is 0 Å². The number of nitro benzene ring substituents is 1. The van der Waals surface area contributed by atoms with Crippen LogP contribution in [0.2, 0.25) is 0 Å². The number of hydrogen-bond donors (Lipinski definition) is 0. The van der Waals surface area contributed by atoms with E-state index in [4.69, 9.17) is 4.74 Å². The molecular formula is C19H16N4O4. The first-order valence-electron chi connectivity index (χ1n) is 8.76. The highest BCUT2D eigenvalue weighted by Crippen LogP contribution is 2.59. The Labute approximate surface area is 155 Å². The Morgan fingerprint density at radius 1 is 1.30 bits per heavy atom. The van der Waals surface area contributed by atoms with E-state index >= 15 is 0 Å². The van der Waals surface area contributed by atoms with E-state index in [2.05, 4.69) is 6.07 Å². The number of anilines is 1. The Hall–Kier alpha value is -3.39. The van der Waals surface area contributed by atoms with Crippen molar-refractivity contribution in [1.82, 2.24) is 0 Å². The van der Waals surface area contributed by atoms with Gasteiger partial charge in [0, 0.05) is 24.9 Å². The fraction of sp³-hybridized carbons (Fsp3) is 0.421. The van der Waals surface area contributed by atoms with Gasteiger partial charge in [0.05, 0.1) is 22.3 Å². The Bertz CT molecular complexity index is 986. The quantitative estimate of drug-likeness (QED) is 0.558. The van der Waals surface area contributed by atoms with Crippen LogP contribution in [0.5, 0.6) is 0 Å². The van der Waals surface area contributed by atoms with Gasteiger partial charge < -0.3 is 9.64 Å². The van der Waals surface area contributed by atoms with Gasteiger partial charge in [-0.05, 0) is 18.9 Å². The molecule has 1 aromatic carbocycles. The van der Waals surface area contributed by atoms with E-state index in [1.165, 1.54) is 17.0 Å². The van der Waals surface area contributed by atoms with Crippen LogP contribution < -0.4 is 4.90 Å². The predicted molar refractivity (Wildman–Crippen MR) is 93.0 cm³/mol. The zero-order valence-corrected chi connectivity index (χ0v) is 14.6. The molecule has 0 saturated heterocycles. The molecule has 3 unspecified atom stereocenters. The monoisotopic (exact) mass is 364 g/mol. The summed E-state index contributed by atoms with van der Waals surface area (Å²) >= 11 is 0. The molecule has 1 aliphatic carbocycles. The second kappa shape index (κ2) is 5.82. The van der Waals surface area contributed by atoms with Gasteiger partial charge in [-0.2, -0.15) is 10.5 Å². The molecule has 8 heteroatoms. The normalized spacial score (nSPS) is 28.9. The molecule has 0 aromatic heterocycles. The number of benzene rings is 1. The molecule has 1 spiro atoms. The molecule has 2 heterocycles. The van der Waals surface area contributed by atoms with Crippen LogP contribution in [0.3, 0.4) is 0 Å². The summed E-state index contributed by atoms with van der Waals surface area (Å²) < 4.78 is 5.96. The zero-order valence-electron chi connectivity index (χ0n) is 14.6. The van der Waals surface area contributed by atoms with Gasteiger partial charge in [0.25, 0.3) is 11.6 Å². The molecule has 1 fully saturated rings. The molecule has 1 amide bonds. The van der Waals surface area contributed by atoms with Gasteiger partial charge in [0.2, 0.25) is 11.4 Å². The SMILES string of the molecule is CN1C(=O)C2(OC(C#N)=C(C#N)C3CCCCC32)c2c1cccc2[N+](=O)[O-]. The lowest BCUT2D eigenvalue weighted by atomic mass is 9.63. The molecular weight excluding hydrogens is 348 g/mol. The molecule has 3 atom stereocenters. The lowest BCUT2D eigenvalue weighted by Gasteiger charge is -2.45. The highest BCUT2D eigenvalue weighted by Gasteiger charge is 2.65. The van der Waals surface area contributed by atoms with Crippen LogP contribution in [-0.2, 0) is 15.1 Å². The number of ether oxygens (including phenoxy) is 1. The van der Waals surface area contributed by atoms with Crippen molar-refractivity contribution in [3.8, 4) is 12.1 Å². The summed E-state index contributed by atoms with van der Waals surface area (Å²) in [5.74, 6) is -1.37. The maximum absolute atomic E-state index is 13.4. The van der Waals surface area contributed by atoms with E-state index in [0.717, 1.165) is 12.8 Å². The van der Waals surface area contributed by atoms with Crippen LogP contribution in [0.15, 0.2) is 29.5 Å². The Balaban J connectivity index is 2.06. The molecule has 4 rings (SSSR count). The van der Waals surface area contributed by atoms with Crippen LogP contribution in [0, 0.1) is 44.6 Å². The smallest absolute Gasteiger partial charge is 0.279 e. The summed E-state index contributed by atoms with van der Waals surface area (Å²) in [6, 6.07) is 8.50. The van der Waals surface area contributed by atoms with Crippen molar-refractivity contribution < 1.29 is 14.5 Å². The van der Waals surface area contributed by atoms with Crippen LogP contribution in [0.4, 0.5) is 11.4 Å². The summed E-state index contributed by atoms with van der Waals surface area (Å²) in [7, 11) is 1.55. The number of amides is 1. The number of allylic oxidation sites excluding steroid dienone is 2. The number of nitriles is 2. The van der Waals surface area contributed by atoms with E-state index in [1.807, 2.05) is 6.07 Å². The molecule has 0 N–H and O–H groups in total. The van der Waals surface area contributed by atoms with Crippen LogP contribution >= 0.6 is 0 Å². The maximum Gasteiger partial charge on any atom is 0.279 e. The number of rotatable bonds is 1. The van der Waals surface area contributed by atoms with Gasteiger partial charge in [-0.1, -0.05) is 18.9 Å². The number of likely N-dealkylation sites (N-methyl/N-ethyl adjacent to an activating group) is 1. The van der Waals surface area contributed by atoms with E-state index in [1.54, 1.807) is 13.1 Å². The third kappa shape index (κ3) is 2.04. The van der Waals surface area contributed by atoms with Gasteiger partial charge in [-0.15, -0.1) is 0 Å². The summed E-state index contributed by atoms with van der Waals surface area (Å²) in [6.07, 6.45) is 2.95. The van der Waals surface area contributed by atoms with Gasteiger partial charge in [-0.25, -0.2) is 0 Å². The second-order valence-corrected chi connectivity index (χ2v) is 7.09. The van der Waals surface area contributed by atoms with Gasteiger partial charge in [0.15, 0.2) is 0 Å². The van der Waals surface area contributed by atoms with E-state index in [-0.39, 0.29) is 28.5 Å². The molecule has 0 radical (unpaired) electrons. The van der Waals surface area contributed by atoms with Gasteiger partial charge in [0.1, 0.15) is 11.6 Å². The minimum Gasteiger partial charge on any atom is -0.461 e. The Morgan fingerprint density at radius 2 is 2.04 bits per heavy atom. The van der Waals surface area contributed by atoms with Crippen molar-refractivity contribution >= 4 is 17.3 Å². The molecule has 1 aromatic rings. The number of nitro groups is 1. The summed E-state index contributed by atoms with van der Waals surface area (Å²) in [4.78, 5) is 25.9. The van der Waals surface area contributed by atoms with Crippen molar-refractivity contribution in [2.45, 2.75) is 31.3 Å². The molecule has 8 nitrogen and oxygen atoms in total. The topological polar surface area (TPSA) is 120 Å². The van der Waals surface area contributed by atoms with E-state index in [0.29, 0.717) is 18.5 Å². The minimum absolute atomic E-state index is 0.198. The summed E-state index contributed by atoms with van der Waals surface area (Å²) in [5.41, 5.74) is -0.979. The summed E-state index contributed by atoms with van der Waals surface area (Å²) in [6.45, 7) is 0. The third-order valence-corrected chi connectivity index (χ3v) is 5.96. The average Bonchev–Trinajstić information content (AvgIpc) is 2.90. The van der Waals surface area contributed by atoms with E-state index < -0.39 is 22.3 Å². The van der Waals surface area contributed by atoms with Gasteiger partial charge in [-0.3, -0.25) is 14.9 Å². The second-order valence-electron chi connectivity index (χ2n) is 7.09. The number of carbonyl (C=O) groups is 1. The number of carbonyl (C=O) groups excluding carboxylic acids is 1. The molecule has 3 aliphatic rings. The van der Waals surface area contributed by atoms with Crippen molar-refractivity contribution in [3.63, 3.8) is 0 Å². The Morgan fingerprint density at radius 3 is 2.70 bits per heavy atom. The molecule has 2 aliphatic heterocycles. The first-order chi connectivity index (χ1) is 13.0. The molecule has 1 saturated carbocycles. The number of hydrogen-bond acceptors (Lipinski definition) is 6. The fourth-order valence-corrected chi connectivity index (χ4v) is 4.88. The van der Waals surface area contributed by atoms with Gasteiger partial charge >= 0.3 is 0 Å². The molecule has 136 valence electrons. The van der Waals surface area contributed by atoms with Crippen molar-refractivity contribution in [1.29, 1.82) is 10.5 Å². The zero-order chi connectivity index (χ0) is 19.3. The highest BCUT2D eigenvalue weighted by molar-refractivity contribution is 6.08.